The summed E-state index contributed by atoms with van der Waals surface area (Å²) in [6.07, 6.45) is 1.70. The summed E-state index contributed by atoms with van der Waals surface area (Å²) in [4.78, 5) is 44.3. The van der Waals surface area contributed by atoms with Crippen molar-refractivity contribution in [1.29, 1.82) is 0 Å². The van der Waals surface area contributed by atoms with Gasteiger partial charge in [-0.05, 0) is 49.9 Å². The molecule has 2 aromatic rings. The summed E-state index contributed by atoms with van der Waals surface area (Å²) in [5, 5.41) is 10.8. The number of aromatic nitrogens is 2. The molecule has 1 aromatic carbocycles. The number of benzene rings is 1. The normalized spacial score (nSPS) is 11.6. The summed E-state index contributed by atoms with van der Waals surface area (Å²) in [5.41, 5.74) is 1.33. The van der Waals surface area contributed by atoms with Crippen LogP contribution in [0, 0.1) is 13.8 Å². The lowest BCUT2D eigenvalue weighted by Gasteiger charge is -2.21. The lowest BCUT2D eigenvalue weighted by molar-refractivity contribution is -0.128. The van der Waals surface area contributed by atoms with Crippen LogP contribution >= 0.6 is 11.8 Å². The molecule has 0 radical (unpaired) electrons. The van der Waals surface area contributed by atoms with Crippen LogP contribution in [0.15, 0.2) is 32.8 Å². The van der Waals surface area contributed by atoms with Crippen molar-refractivity contribution < 1.29 is 9.90 Å². The van der Waals surface area contributed by atoms with Crippen molar-refractivity contribution in [3.05, 3.63) is 55.7 Å². The van der Waals surface area contributed by atoms with E-state index >= 15 is 0 Å². The Hall–Kier alpha value is -2.81. The third-order valence-corrected chi connectivity index (χ3v) is 6.20. The van der Waals surface area contributed by atoms with E-state index in [2.05, 4.69) is 4.99 Å². The summed E-state index contributed by atoms with van der Waals surface area (Å²) in [7, 11) is 2.73. The van der Waals surface area contributed by atoms with Crippen LogP contribution in [0.25, 0.3) is 0 Å². The average molecular weight is 461 g/mol. The molecule has 0 aliphatic heterocycles. The number of nitrogens with zero attached hydrogens (tertiary/aromatic N) is 4. The van der Waals surface area contributed by atoms with Crippen LogP contribution in [0.1, 0.15) is 43.4 Å². The molecule has 0 bridgehead atoms. The zero-order valence-electron chi connectivity index (χ0n) is 19.6. The molecule has 1 N–H and O–H groups in total. The van der Waals surface area contributed by atoms with Gasteiger partial charge in [0.1, 0.15) is 10.6 Å². The topological polar surface area (TPSA) is 96.9 Å². The van der Waals surface area contributed by atoms with Gasteiger partial charge in [-0.1, -0.05) is 31.7 Å². The molecule has 0 aliphatic rings. The first-order chi connectivity index (χ1) is 15.1. The summed E-state index contributed by atoms with van der Waals surface area (Å²) in [6, 6.07) is 5.61. The fourth-order valence-corrected chi connectivity index (χ4v) is 4.15. The van der Waals surface area contributed by atoms with Gasteiger partial charge < -0.3 is 10.0 Å². The maximum Gasteiger partial charge on any atom is 0.333 e. The second kappa shape index (κ2) is 11.2. The molecule has 1 amide bonds. The highest BCUT2D eigenvalue weighted by Gasteiger charge is 2.23. The minimum Gasteiger partial charge on any atom is -0.494 e. The minimum absolute atomic E-state index is 0.0624. The molecule has 0 unspecified atom stereocenters. The summed E-state index contributed by atoms with van der Waals surface area (Å²) < 4.78 is 1.92. The van der Waals surface area contributed by atoms with Gasteiger partial charge >= 0.3 is 5.69 Å². The van der Waals surface area contributed by atoms with E-state index in [-0.39, 0.29) is 22.3 Å². The number of hydrogen-bond acceptors (Lipinski definition) is 6. The number of aliphatic imine (C=N–C) groups is 1. The second-order valence-corrected chi connectivity index (χ2v) is 8.72. The van der Waals surface area contributed by atoms with Gasteiger partial charge in [0, 0.05) is 27.2 Å². The van der Waals surface area contributed by atoms with Crippen LogP contribution in [0.5, 0.6) is 5.88 Å². The first-order valence-corrected chi connectivity index (χ1v) is 11.7. The Kier molecular flexibility index (Phi) is 8.89. The van der Waals surface area contributed by atoms with Crippen molar-refractivity contribution in [3.8, 4) is 5.88 Å². The van der Waals surface area contributed by atoms with Crippen molar-refractivity contribution in [2.24, 2.45) is 19.1 Å². The SMILES string of the molecule is CCCN(CCC)C(=O)CSC(=Nc1ccc(C)c(C)c1)c1c(O)n(C)c(=O)n(C)c1=O. The van der Waals surface area contributed by atoms with Crippen molar-refractivity contribution in [2.45, 2.75) is 40.5 Å². The van der Waals surface area contributed by atoms with Crippen LogP contribution in [-0.2, 0) is 18.9 Å². The predicted octanol–water partition coefficient (Wildman–Crippen LogP) is 2.87. The van der Waals surface area contributed by atoms with E-state index in [1.165, 1.54) is 14.1 Å². The largest absolute Gasteiger partial charge is 0.494 e. The zero-order chi connectivity index (χ0) is 24.0. The fraction of sp³-hybridized carbons (Fsp3) is 0.478. The third kappa shape index (κ3) is 5.70. The van der Waals surface area contributed by atoms with Crippen molar-refractivity contribution in [3.63, 3.8) is 0 Å². The van der Waals surface area contributed by atoms with Crippen LogP contribution in [0.4, 0.5) is 5.69 Å². The highest BCUT2D eigenvalue weighted by molar-refractivity contribution is 8.15. The first-order valence-electron chi connectivity index (χ1n) is 10.7. The number of amides is 1. The fourth-order valence-electron chi connectivity index (χ4n) is 3.22. The van der Waals surface area contributed by atoms with Gasteiger partial charge in [-0.2, -0.15) is 0 Å². The molecule has 0 saturated carbocycles. The molecule has 1 heterocycles. The van der Waals surface area contributed by atoms with Crippen LogP contribution < -0.4 is 11.2 Å². The molecule has 32 heavy (non-hydrogen) atoms. The molecule has 1 aromatic heterocycles. The molecule has 0 saturated heterocycles. The van der Waals surface area contributed by atoms with Gasteiger partial charge in [-0.3, -0.25) is 18.7 Å². The highest BCUT2D eigenvalue weighted by Crippen LogP contribution is 2.25. The second-order valence-electron chi connectivity index (χ2n) is 7.76. The number of aryl methyl sites for hydroxylation is 2. The number of aromatic hydroxyl groups is 1. The van der Waals surface area contributed by atoms with Crippen molar-refractivity contribution >= 4 is 28.4 Å². The molecule has 0 fully saturated rings. The van der Waals surface area contributed by atoms with Crippen molar-refractivity contribution in [2.75, 3.05) is 18.8 Å². The van der Waals surface area contributed by atoms with E-state index in [0.29, 0.717) is 18.8 Å². The monoisotopic (exact) mass is 460 g/mol. The van der Waals surface area contributed by atoms with Gasteiger partial charge in [-0.15, -0.1) is 0 Å². The molecule has 2 rings (SSSR count). The standard InChI is InChI=1S/C23H32N4O4S/c1-7-11-27(12-8-2)18(28)14-32-20(24-17-10-9-15(3)16(4)13-17)19-21(29)25(5)23(31)26(6)22(19)30/h9-10,13,29H,7-8,11-12,14H2,1-6H3. The molecule has 9 heteroatoms. The Labute approximate surface area is 192 Å². The molecule has 0 spiro atoms. The third-order valence-electron chi connectivity index (χ3n) is 5.24. The quantitative estimate of drug-likeness (QED) is 0.483. The van der Waals surface area contributed by atoms with E-state index in [1.54, 1.807) is 4.90 Å². The smallest absolute Gasteiger partial charge is 0.333 e. The molecule has 174 valence electrons. The Morgan fingerprint density at radius 3 is 2.25 bits per heavy atom. The zero-order valence-corrected chi connectivity index (χ0v) is 20.5. The number of thioether (sulfide) groups is 1. The highest BCUT2D eigenvalue weighted by atomic mass is 32.2. The predicted molar refractivity (Wildman–Crippen MR) is 130 cm³/mol. The molecule has 0 aliphatic carbocycles. The van der Waals surface area contributed by atoms with Crippen LogP contribution in [0.3, 0.4) is 0 Å². The number of rotatable bonds is 8. The lowest BCUT2D eigenvalue weighted by atomic mass is 10.1. The maximum absolute atomic E-state index is 12.9. The molecule has 8 nitrogen and oxygen atoms in total. The molecular weight excluding hydrogens is 428 g/mol. The van der Waals surface area contributed by atoms with Crippen molar-refractivity contribution in [1.82, 2.24) is 14.0 Å². The number of carbonyl (C=O) groups is 1. The van der Waals surface area contributed by atoms with Gasteiger partial charge in [-0.25, -0.2) is 9.79 Å². The Morgan fingerprint density at radius 1 is 1.06 bits per heavy atom. The summed E-state index contributed by atoms with van der Waals surface area (Å²) in [6.45, 7) is 9.29. The van der Waals surface area contributed by atoms with Gasteiger partial charge in [0.25, 0.3) is 5.56 Å². The van der Waals surface area contributed by atoms with Gasteiger partial charge in [0.15, 0.2) is 0 Å². The molecule has 0 atom stereocenters. The van der Waals surface area contributed by atoms with Gasteiger partial charge in [0.05, 0.1) is 11.4 Å². The van der Waals surface area contributed by atoms with Crippen LogP contribution in [-0.4, -0.2) is 48.9 Å². The summed E-state index contributed by atoms with van der Waals surface area (Å²) in [5.74, 6) is -0.470. The minimum atomic E-state index is -0.660. The maximum atomic E-state index is 12.9. The van der Waals surface area contributed by atoms with E-state index < -0.39 is 17.1 Å². The molecular formula is C23H32N4O4S. The van der Waals surface area contributed by atoms with E-state index in [4.69, 9.17) is 0 Å². The Morgan fingerprint density at radius 2 is 1.69 bits per heavy atom. The summed E-state index contributed by atoms with van der Waals surface area (Å²) >= 11 is 1.09. The van der Waals surface area contributed by atoms with E-state index in [9.17, 15) is 19.5 Å². The number of carbonyl (C=O) groups excluding carboxylic acids is 1. The Bertz CT molecular complexity index is 1130. The average Bonchev–Trinajstić information content (AvgIpc) is 2.76. The Balaban J connectivity index is 2.56. The van der Waals surface area contributed by atoms with Gasteiger partial charge in [0.2, 0.25) is 11.8 Å². The first kappa shape index (κ1) is 25.5. The van der Waals surface area contributed by atoms with E-state index in [1.807, 2.05) is 45.9 Å². The van der Waals surface area contributed by atoms with E-state index in [0.717, 1.165) is 44.9 Å². The number of hydrogen-bond donors (Lipinski definition) is 1. The lowest BCUT2D eigenvalue weighted by Crippen LogP contribution is -2.40. The van der Waals surface area contributed by atoms with Crippen LogP contribution in [0.2, 0.25) is 0 Å².